The van der Waals surface area contributed by atoms with Gasteiger partial charge < -0.3 is 25.1 Å². The summed E-state index contributed by atoms with van der Waals surface area (Å²) in [6.45, 7) is 2.37. The number of carboxylic acids is 1. The van der Waals surface area contributed by atoms with Crippen molar-refractivity contribution in [3.8, 4) is 6.07 Å². The van der Waals surface area contributed by atoms with Crippen LogP contribution in [0.3, 0.4) is 0 Å². The molecule has 0 radical (unpaired) electrons. The molecule has 10 nitrogen and oxygen atoms in total. The van der Waals surface area contributed by atoms with Crippen LogP contribution in [0.15, 0.2) is 36.4 Å². The second kappa shape index (κ2) is 12.3. The van der Waals surface area contributed by atoms with Gasteiger partial charge in [-0.3, -0.25) is 19.2 Å². The van der Waals surface area contributed by atoms with Crippen LogP contribution in [0.1, 0.15) is 69.2 Å². The summed E-state index contributed by atoms with van der Waals surface area (Å²) >= 11 is 0. The third kappa shape index (κ3) is 5.74. The van der Waals surface area contributed by atoms with Crippen molar-refractivity contribution in [3.05, 3.63) is 69.8 Å². The molecule has 1 unspecified atom stereocenters. The lowest BCUT2D eigenvalue weighted by Gasteiger charge is -2.35. The van der Waals surface area contributed by atoms with Crippen LogP contribution in [-0.4, -0.2) is 96.9 Å². The number of benzene rings is 2. The molecule has 10 heteroatoms. The van der Waals surface area contributed by atoms with Gasteiger partial charge in [-0.05, 0) is 85.5 Å². The minimum Gasteiger partial charge on any atom is -0.480 e. The van der Waals surface area contributed by atoms with Crippen molar-refractivity contribution < 1.29 is 24.3 Å². The van der Waals surface area contributed by atoms with Gasteiger partial charge in [-0.15, -0.1) is 0 Å². The highest BCUT2D eigenvalue weighted by molar-refractivity contribution is 5.96. The predicted molar refractivity (Wildman–Crippen MR) is 157 cm³/mol. The molecule has 4 rings (SSSR count). The molecule has 42 heavy (non-hydrogen) atoms. The van der Waals surface area contributed by atoms with Crippen molar-refractivity contribution in [2.24, 2.45) is 0 Å². The van der Waals surface area contributed by atoms with Gasteiger partial charge >= 0.3 is 5.97 Å². The maximum atomic E-state index is 13.5. The molecule has 2 aromatic carbocycles. The lowest BCUT2D eigenvalue weighted by Crippen LogP contribution is -2.47. The second-order valence-electron chi connectivity index (χ2n) is 11.7. The summed E-state index contributed by atoms with van der Waals surface area (Å²) < 4.78 is 0. The Bertz CT molecular complexity index is 1370. The first-order valence-electron chi connectivity index (χ1n) is 14.3. The maximum absolute atomic E-state index is 13.5. The largest absolute Gasteiger partial charge is 0.480 e. The quantitative estimate of drug-likeness (QED) is 0.496. The van der Waals surface area contributed by atoms with Gasteiger partial charge in [0.1, 0.15) is 11.5 Å². The minimum absolute atomic E-state index is 0.0126. The lowest BCUT2D eigenvalue weighted by molar-refractivity contribution is -0.142. The summed E-state index contributed by atoms with van der Waals surface area (Å²) in [5.74, 6) is -1.58. The van der Waals surface area contributed by atoms with E-state index in [-0.39, 0.29) is 30.7 Å². The molecule has 2 aromatic rings. The van der Waals surface area contributed by atoms with Crippen molar-refractivity contribution in [3.63, 3.8) is 0 Å². The van der Waals surface area contributed by atoms with Crippen molar-refractivity contribution >= 4 is 23.7 Å². The zero-order valence-electron chi connectivity index (χ0n) is 24.9. The Labute approximate surface area is 246 Å². The first kappa shape index (κ1) is 30.7. The Balaban J connectivity index is 1.77. The first-order chi connectivity index (χ1) is 19.9. The molecular weight excluding hydrogens is 534 g/mol. The summed E-state index contributed by atoms with van der Waals surface area (Å²) in [7, 11) is 6.68. The number of hydrogen-bond acceptors (Lipinski definition) is 6. The van der Waals surface area contributed by atoms with Crippen molar-refractivity contribution in [2.75, 3.05) is 41.3 Å². The molecule has 0 aromatic heterocycles. The molecule has 0 bridgehead atoms. The number of nitriles is 1. The number of nitrogens with one attached hydrogen (secondary N) is 1. The molecule has 2 atom stereocenters. The van der Waals surface area contributed by atoms with E-state index in [0.717, 1.165) is 17.5 Å². The van der Waals surface area contributed by atoms with Gasteiger partial charge in [-0.2, -0.15) is 5.26 Å². The summed E-state index contributed by atoms with van der Waals surface area (Å²) in [6, 6.07) is 11.7. The third-order valence-electron chi connectivity index (χ3n) is 8.40. The topological polar surface area (TPSA) is 134 Å². The van der Waals surface area contributed by atoms with E-state index in [9.17, 15) is 29.5 Å². The molecule has 3 amide bonds. The average Bonchev–Trinajstić information content (AvgIpc) is 3.40. The molecule has 222 valence electrons. The smallest absolute Gasteiger partial charge is 0.318 e. The highest BCUT2D eigenvalue weighted by Gasteiger charge is 2.47. The zero-order chi connectivity index (χ0) is 30.8. The second-order valence-corrected chi connectivity index (χ2v) is 11.7. The fraction of sp³-hybridized carbons (Fsp3) is 0.469. The van der Waals surface area contributed by atoms with Crippen LogP contribution in [-0.2, 0) is 27.8 Å². The highest BCUT2D eigenvalue weighted by atomic mass is 16.4. The Morgan fingerprint density at radius 2 is 1.52 bits per heavy atom. The number of amides is 3. The number of likely N-dealkylation sites (tertiary alicyclic amines) is 1. The Morgan fingerprint density at radius 1 is 1.00 bits per heavy atom. The van der Waals surface area contributed by atoms with Crippen molar-refractivity contribution in [1.82, 2.24) is 20.0 Å². The number of hydrogen-bond donors (Lipinski definition) is 2. The highest BCUT2D eigenvalue weighted by Crippen LogP contribution is 2.44. The van der Waals surface area contributed by atoms with E-state index >= 15 is 0 Å². The molecule has 2 N–H and O–H groups in total. The minimum atomic E-state index is -1.50. The fourth-order valence-electron chi connectivity index (χ4n) is 6.26. The number of carbonyl (C=O) groups is 4. The molecular formula is C32H39N5O5. The van der Waals surface area contributed by atoms with E-state index in [1.165, 1.54) is 9.80 Å². The number of carboxylic acid groups (broad SMARTS) is 1. The molecule has 1 fully saturated rings. The third-order valence-corrected chi connectivity index (χ3v) is 8.40. The molecule has 0 spiro atoms. The van der Waals surface area contributed by atoms with Crippen LogP contribution < -0.4 is 5.32 Å². The molecule has 1 heterocycles. The van der Waals surface area contributed by atoms with Gasteiger partial charge in [0.05, 0.1) is 12.6 Å². The summed E-state index contributed by atoms with van der Waals surface area (Å²) in [6.07, 6.45) is 2.56. The predicted octanol–water partition coefficient (Wildman–Crippen LogP) is 2.44. The van der Waals surface area contributed by atoms with Gasteiger partial charge in [0.2, 0.25) is 5.91 Å². The summed E-state index contributed by atoms with van der Waals surface area (Å²) in [5.41, 5.74) is 2.17. The molecule has 1 aliphatic heterocycles. The molecule has 2 aliphatic rings. The van der Waals surface area contributed by atoms with Crippen LogP contribution in [0.2, 0.25) is 0 Å². The molecule has 0 saturated carbocycles. The number of nitrogens with zero attached hydrogens (tertiary/aromatic N) is 4. The van der Waals surface area contributed by atoms with Gasteiger partial charge in [0.25, 0.3) is 11.8 Å². The average molecular weight is 574 g/mol. The van der Waals surface area contributed by atoms with E-state index < -0.39 is 23.5 Å². The van der Waals surface area contributed by atoms with Gasteiger partial charge in [0, 0.05) is 51.9 Å². The summed E-state index contributed by atoms with van der Waals surface area (Å²) in [4.78, 5) is 56.5. The van der Waals surface area contributed by atoms with Crippen LogP contribution in [0.25, 0.3) is 0 Å². The number of aliphatic carboxylic acids is 1. The SMILES string of the molecule is C[C@@H](CC1(C(=O)O)c2ccc(C(=O)N(C)C)cc2CCc2cc(C(=O)N(C)C)ccc21)NCC(=O)N1CCCC1C#N. The normalized spacial score (nSPS) is 17.7. The van der Waals surface area contributed by atoms with Crippen LogP contribution in [0, 0.1) is 11.3 Å². The lowest BCUT2D eigenvalue weighted by atomic mass is 9.68. The fourth-order valence-corrected chi connectivity index (χ4v) is 6.26. The standard InChI is InChI=1S/C32H39N5O5/c1-20(34-19-28(38)37-14-6-7-25(37)18-33)17-32(31(41)42)26-12-10-23(29(39)35(2)3)15-21(26)8-9-22-16-24(11-13-27(22)32)30(40)36(4)5/h10-13,15-16,20,25,34H,6-9,14,17,19H2,1-5H3,(H,41,42)/t20-,25?/m0/s1. The van der Waals surface area contributed by atoms with E-state index in [0.29, 0.717) is 48.1 Å². The Hall–Kier alpha value is -4.23. The van der Waals surface area contributed by atoms with E-state index in [2.05, 4.69) is 11.4 Å². The molecule has 1 saturated heterocycles. The van der Waals surface area contributed by atoms with Gasteiger partial charge in [-0.25, -0.2) is 0 Å². The Morgan fingerprint density at radius 3 is 1.98 bits per heavy atom. The molecule has 1 aliphatic carbocycles. The van der Waals surface area contributed by atoms with Crippen molar-refractivity contribution in [2.45, 2.75) is 56.5 Å². The first-order valence-corrected chi connectivity index (χ1v) is 14.3. The van der Waals surface area contributed by atoms with E-state index in [4.69, 9.17) is 0 Å². The van der Waals surface area contributed by atoms with E-state index in [1.807, 2.05) is 6.92 Å². The number of rotatable bonds is 8. The number of fused-ring (bicyclic) bond motifs is 2. The van der Waals surface area contributed by atoms with Gasteiger partial charge in [0.15, 0.2) is 0 Å². The zero-order valence-corrected chi connectivity index (χ0v) is 24.9. The van der Waals surface area contributed by atoms with E-state index in [1.54, 1.807) is 69.5 Å². The van der Waals surface area contributed by atoms with Crippen LogP contribution in [0.4, 0.5) is 0 Å². The maximum Gasteiger partial charge on any atom is 0.318 e. The number of aryl methyl sites for hydroxylation is 2. The van der Waals surface area contributed by atoms with Crippen LogP contribution >= 0.6 is 0 Å². The number of carbonyl (C=O) groups excluding carboxylic acids is 3. The van der Waals surface area contributed by atoms with Crippen molar-refractivity contribution in [1.29, 1.82) is 5.26 Å². The van der Waals surface area contributed by atoms with Gasteiger partial charge in [-0.1, -0.05) is 12.1 Å². The summed E-state index contributed by atoms with van der Waals surface area (Å²) in [5, 5.41) is 23.6. The van der Waals surface area contributed by atoms with Crippen LogP contribution in [0.5, 0.6) is 0 Å². The monoisotopic (exact) mass is 573 g/mol. The Kier molecular flexibility index (Phi) is 9.02.